The second kappa shape index (κ2) is 6.84. The van der Waals surface area contributed by atoms with Crippen molar-refractivity contribution in [2.45, 2.75) is 58.6 Å². The van der Waals surface area contributed by atoms with Gasteiger partial charge in [-0.25, -0.2) is 0 Å². The van der Waals surface area contributed by atoms with Crippen LogP contribution in [0.3, 0.4) is 0 Å². The molecule has 2 heterocycles. The van der Waals surface area contributed by atoms with Crippen molar-refractivity contribution >= 4 is 5.91 Å². The van der Waals surface area contributed by atoms with Crippen molar-refractivity contribution in [2.75, 3.05) is 19.6 Å². The van der Waals surface area contributed by atoms with Crippen LogP contribution in [0.4, 0.5) is 0 Å². The van der Waals surface area contributed by atoms with Gasteiger partial charge in [0.1, 0.15) is 17.1 Å². The lowest BCUT2D eigenvalue weighted by atomic mass is 9.96. The molecule has 124 valence electrons. The predicted octanol–water partition coefficient (Wildman–Crippen LogP) is 2.09. The van der Waals surface area contributed by atoms with Crippen LogP contribution in [0.15, 0.2) is 10.5 Å². The van der Waals surface area contributed by atoms with E-state index in [0.29, 0.717) is 5.76 Å². The summed E-state index contributed by atoms with van der Waals surface area (Å²) in [6.45, 7) is 9.66. The first-order valence-corrected chi connectivity index (χ1v) is 8.17. The van der Waals surface area contributed by atoms with Gasteiger partial charge in [-0.3, -0.25) is 9.69 Å². The van der Waals surface area contributed by atoms with Crippen LogP contribution in [0.2, 0.25) is 0 Å². The largest absolute Gasteiger partial charge is 0.466 e. The lowest BCUT2D eigenvalue weighted by Gasteiger charge is -2.27. The Labute approximate surface area is 132 Å². The summed E-state index contributed by atoms with van der Waals surface area (Å²) >= 11 is 0. The van der Waals surface area contributed by atoms with Gasteiger partial charge in [0.25, 0.3) is 0 Å². The van der Waals surface area contributed by atoms with Gasteiger partial charge in [0.15, 0.2) is 0 Å². The summed E-state index contributed by atoms with van der Waals surface area (Å²) in [4.78, 5) is 14.6. The molecule has 0 saturated carbocycles. The minimum Gasteiger partial charge on any atom is -0.466 e. The topological polar surface area (TPSA) is 65.7 Å². The Kier molecular flexibility index (Phi) is 5.29. The minimum atomic E-state index is -1.12. The second-order valence-corrected chi connectivity index (χ2v) is 6.51. The Morgan fingerprint density at radius 3 is 2.86 bits per heavy atom. The molecule has 1 aromatic rings. The number of aryl methyl sites for hydroxylation is 2. The molecule has 1 aliphatic heterocycles. The summed E-state index contributed by atoms with van der Waals surface area (Å²) in [5, 5.41) is 13.6. The third-order valence-corrected chi connectivity index (χ3v) is 4.41. The molecule has 1 saturated heterocycles. The molecule has 2 atom stereocenters. The molecule has 22 heavy (non-hydrogen) atoms. The summed E-state index contributed by atoms with van der Waals surface area (Å²) in [7, 11) is 0. The zero-order valence-corrected chi connectivity index (χ0v) is 14.1. The summed E-state index contributed by atoms with van der Waals surface area (Å²) in [5.41, 5.74) is -0.381. The normalized spacial score (nSPS) is 21.8. The van der Waals surface area contributed by atoms with Gasteiger partial charge in [-0.15, -0.1) is 0 Å². The number of furan rings is 1. The van der Waals surface area contributed by atoms with Crippen molar-refractivity contribution in [3.63, 3.8) is 0 Å². The molecule has 1 amide bonds. The van der Waals surface area contributed by atoms with Crippen LogP contribution < -0.4 is 5.32 Å². The zero-order chi connectivity index (χ0) is 16.3. The summed E-state index contributed by atoms with van der Waals surface area (Å²) in [5.74, 6) is 1.48. The van der Waals surface area contributed by atoms with Gasteiger partial charge in [0.05, 0.1) is 12.6 Å². The Morgan fingerprint density at radius 1 is 1.55 bits per heavy atom. The highest BCUT2D eigenvalue weighted by Gasteiger charge is 2.33. The van der Waals surface area contributed by atoms with E-state index in [0.717, 1.165) is 43.7 Å². The number of aliphatic hydroxyl groups is 1. The third-order valence-electron chi connectivity index (χ3n) is 4.41. The molecule has 0 unspecified atom stereocenters. The van der Waals surface area contributed by atoms with Crippen molar-refractivity contribution in [1.82, 2.24) is 10.2 Å². The molecule has 0 bridgehead atoms. The van der Waals surface area contributed by atoms with Crippen molar-refractivity contribution in [2.24, 2.45) is 0 Å². The van der Waals surface area contributed by atoms with Gasteiger partial charge in [-0.05, 0) is 59.2 Å². The van der Waals surface area contributed by atoms with Gasteiger partial charge in [0.2, 0.25) is 5.91 Å². The smallest absolute Gasteiger partial charge is 0.237 e. The quantitative estimate of drug-likeness (QED) is 0.844. The van der Waals surface area contributed by atoms with Gasteiger partial charge in [-0.2, -0.15) is 0 Å². The van der Waals surface area contributed by atoms with Crippen LogP contribution in [-0.2, 0) is 10.4 Å². The molecule has 0 aromatic carbocycles. The average Bonchev–Trinajstić information content (AvgIpc) is 3.03. The van der Waals surface area contributed by atoms with E-state index in [9.17, 15) is 9.90 Å². The Hall–Kier alpha value is -1.33. The van der Waals surface area contributed by atoms with E-state index in [2.05, 4.69) is 17.1 Å². The fraction of sp³-hybridized carbons (Fsp3) is 0.706. The summed E-state index contributed by atoms with van der Waals surface area (Å²) < 4.78 is 5.48. The van der Waals surface area contributed by atoms with E-state index >= 15 is 0 Å². The lowest BCUT2D eigenvalue weighted by molar-refractivity contribution is -0.126. The van der Waals surface area contributed by atoms with Crippen LogP contribution in [0, 0.1) is 13.8 Å². The molecular formula is C17H28N2O3. The van der Waals surface area contributed by atoms with Crippen LogP contribution in [0.25, 0.3) is 0 Å². The Morgan fingerprint density at radius 2 is 2.27 bits per heavy atom. The molecule has 0 radical (unpaired) electrons. The van der Waals surface area contributed by atoms with Crippen LogP contribution in [-0.4, -0.2) is 41.6 Å². The van der Waals surface area contributed by atoms with E-state index in [1.54, 1.807) is 6.92 Å². The number of likely N-dealkylation sites (tertiary alicyclic amines) is 1. The molecule has 5 heteroatoms. The van der Waals surface area contributed by atoms with Crippen LogP contribution in [0.1, 0.15) is 50.2 Å². The first-order chi connectivity index (χ1) is 10.3. The van der Waals surface area contributed by atoms with Gasteiger partial charge in [-0.1, -0.05) is 6.92 Å². The van der Waals surface area contributed by atoms with Gasteiger partial charge >= 0.3 is 0 Å². The van der Waals surface area contributed by atoms with Gasteiger partial charge < -0.3 is 14.8 Å². The standard InChI is InChI=1S/C17H28N2O3/c1-5-8-19-9-6-7-15(19)16(20)18-11-17(4,21)14-10-12(2)22-13(14)3/h10,15,21H,5-9,11H2,1-4H3,(H,18,20)/t15-,17-/m0/s1. The zero-order valence-electron chi connectivity index (χ0n) is 14.1. The number of hydrogen-bond donors (Lipinski definition) is 2. The molecule has 2 rings (SSSR count). The second-order valence-electron chi connectivity index (χ2n) is 6.51. The summed E-state index contributed by atoms with van der Waals surface area (Å²) in [6, 6.07) is 1.78. The molecule has 5 nitrogen and oxygen atoms in total. The number of carbonyl (C=O) groups is 1. The number of rotatable bonds is 6. The number of amides is 1. The van der Waals surface area contributed by atoms with E-state index in [-0.39, 0.29) is 18.5 Å². The van der Waals surface area contributed by atoms with Crippen LogP contribution in [0.5, 0.6) is 0 Å². The van der Waals surface area contributed by atoms with Crippen molar-refractivity contribution in [3.8, 4) is 0 Å². The molecule has 0 aliphatic carbocycles. The van der Waals surface area contributed by atoms with Crippen LogP contribution >= 0.6 is 0 Å². The maximum atomic E-state index is 12.4. The molecule has 1 aliphatic rings. The SMILES string of the molecule is CCCN1CCC[C@H]1C(=O)NC[C@](C)(O)c1cc(C)oc1C. The van der Waals surface area contributed by atoms with E-state index < -0.39 is 5.60 Å². The van der Waals surface area contributed by atoms with E-state index in [4.69, 9.17) is 4.42 Å². The molecule has 1 aromatic heterocycles. The first kappa shape index (κ1) is 17.0. The number of nitrogens with one attached hydrogen (secondary N) is 1. The molecule has 2 N–H and O–H groups in total. The lowest BCUT2D eigenvalue weighted by Crippen LogP contribution is -2.47. The third kappa shape index (κ3) is 3.70. The molecular weight excluding hydrogens is 280 g/mol. The maximum Gasteiger partial charge on any atom is 0.237 e. The number of hydrogen-bond acceptors (Lipinski definition) is 4. The van der Waals surface area contributed by atoms with E-state index in [1.165, 1.54) is 0 Å². The fourth-order valence-electron chi connectivity index (χ4n) is 3.32. The molecule has 0 spiro atoms. The Balaban J connectivity index is 1.96. The number of carbonyl (C=O) groups excluding carboxylic acids is 1. The maximum absolute atomic E-state index is 12.4. The van der Waals surface area contributed by atoms with E-state index in [1.807, 2.05) is 19.9 Å². The predicted molar refractivity (Wildman–Crippen MR) is 85.6 cm³/mol. The highest BCUT2D eigenvalue weighted by Crippen LogP contribution is 2.26. The Bertz CT molecular complexity index is 522. The average molecular weight is 308 g/mol. The fourth-order valence-corrected chi connectivity index (χ4v) is 3.32. The number of nitrogens with zero attached hydrogens (tertiary/aromatic N) is 1. The van der Waals surface area contributed by atoms with Crippen molar-refractivity contribution < 1.29 is 14.3 Å². The minimum absolute atomic E-state index is 0.0177. The highest BCUT2D eigenvalue weighted by molar-refractivity contribution is 5.82. The monoisotopic (exact) mass is 308 g/mol. The highest BCUT2D eigenvalue weighted by atomic mass is 16.3. The summed E-state index contributed by atoms with van der Waals surface area (Å²) in [6.07, 6.45) is 3.02. The molecule has 1 fully saturated rings. The van der Waals surface area contributed by atoms with Crippen molar-refractivity contribution in [1.29, 1.82) is 0 Å². The first-order valence-electron chi connectivity index (χ1n) is 8.17. The van der Waals surface area contributed by atoms with Crippen molar-refractivity contribution in [3.05, 3.63) is 23.2 Å². The van der Waals surface area contributed by atoms with Gasteiger partial charge in [0, 0.05) is 5.56 Å².